The van der Waals surface area contributed by atoms with E-state index in [2.05, 4.69) is 17.2 Å². The summed E-state index contributed by atoms with van der Waals surface area (Å²) in [6, 6.07) is 1.97. The van der Waals surface area contributed by atoms with Gasteiger partial charge in [0, 0.05) is 30.8 Å². The van der Waals surface area contributed by atoms with Gasteiger partial charge in [-0.15, -0.1) is 11.3 Å². The van der Waals surface area contributed by atoms with Gasteiger partial charge in [0.2, 0.25) is 0 Å². The Morgan fingerprint density at radius 3 is 3.24 bits per heavy atom. The highest BCUT2D eigenvalue weighted by molar-refractivity contribution is 7.12. The molecule has 0 radical (unpaired) electrons. The molecular formula is C13H19NO2S. The lowest BCUT2D eigenvalue weighted by atomic mass is 10.1. The fourth-order valence-electron chi connectivity index (χ4n) is 2.16. The molecule has 17 heavy (non-hydrogen) atoms. The summed E-state index contributed by atoms with van der Waals surface area (Å²) in [7, 11) is 0. The number of nitrogens with zero attached hydrogens (tertiary/aromatic N) is 1. The molecular weight excluding hydrogens is 234 g/mol. The Morgan fingerprint density at radius 2 is 2.53 bits per heavy atom. The van der Waals surface area contributed by atoms with E-state index in [0.29, 0.717) is 6.10 Å². The smallest absolute Gasteiger partial charge is 0.160 e. The molecule has 1 fully saturated rings. The van der Waals surface area contributed by atoms with Crippen LogP contribution in [0.25, 0.3) is 0 Å². The van der Waals surface area contributed by atoms with E-state index in [4.69, 9.17) is 4.74 Å². The molecule has 1 unspecified atom stereocenters. The molecule has 0 saturated carbocycles. The topological polar surface area (TPSA) is 29.5 Å². The van der Waals surface area contributed by atoms with Gasteiger partial charge < -0.3 is 9.64 Å². The van der Waals surface area contributed by atoms with Gasteiger partial charge in [0.15, 0.2) is 6.29 Å². The van der Waals surface area contributed by atoms with E-state index < -0.39 is 0 Å². The van der Waals surface area contributed by atoms with Gasteiger partial charge in [-0.2, -0.15) is 0 Å². The van der Waals surface area contributed by atoms with Crippen LogP contribution in [0.2, 0.25) is 0 Å². The van der Waals surface area contributed by atoms with Gasteiger partial charge in [0.25, 0.3) is 0 Å². The second kappa shape index (κ2) is 6.17. The van der Waals surface area contributed by atoms with Crippen molar-refractivity contribution in [3.63, 3.8) is 0 Å². The predicted octanol–water partition coefficient (Wildman–Crippen LogP) is 2.96. The quantitative estimate of drug-likeness (QED) is 0.756. The largest absolute Gasteiger partial charge is 0.376 e. The average molecular weight is 253 g/mol. The van der Waals surface area contributed by atoms with Crippen LogP contribution in [0.4, 0.5) is 5.69 Å². The van der Waals surface area contributed by atoms with Crippen molar-refractivity contribution in [2.24, 2.45) is 0 Å². The number of rotatable bonds is 5. The Bertz CT molecular complexity index is 364. The van der Waals surface area contributed by atoms with E-state index in [1.807, 2.05) is 6.07 Å². The number of anilines is 1. The minimum atomic E-state index is 0.350. The van der Waals surface area contributed by atoms with E-state index in [0.717, 1.165) is 43.7 Å². The first-order valence-corrected chi connectivity index (χ1v) is 7.11. The Hall–Kier alpha value is -0.870. The molecule has 3 nitrogen and oxygen atoms in total. The zero-order chi connectivity index (χ0) is 12.1. The van der Waals surface area contributed by atoms with Crippen LogP contribution in [-0.2, 0) is 4.74 Å². The fourth-order valence-corrected chi connectivity index (χ4v) is 2.88. The molecule has 1 aliphatic rings. The van der Waals surface area contributed by atoms with Crippen molar-refractivity contribution in [2.45, 2.75) is 32.3 Å². The lowest BCUT2D eigenvalue weighted by molar-refractivity contribution is 0.0441. The van der Waals surface area contributed by atoms with Crippen molar-refractivity contribution in [1.29, 1.82) is 0 Å². The van der Waals surface area contributed by atoms with Gasteiger partial charge in [-0.05, 0) is 25.3 Å². The number of aldehydes is 1. The van der Waals surface area contributed by atoms with Crippen molar-refractivity contribution in [2.75, 3.05) is 24.6 Å². The predicted molar refractivity (Wildman–Crippen MR) is 71.2 cm³/mol. The summed E-state index contributed by atoms with van der Waals surface area (Å²) in [4.78, 5) is 13.8. The molecule has 0 spiro atoms. The third kappa shape index (κ3) is 3.30. The summed E-state index contributed by atoms with van der Waals surface area (Å²) in [5.41, 5.74) is 1.17. The average Bonchev–Trinajstić information content (AvgIpc) is 2.85. The number of hydrogen-bond donors (Lipinski definition) is 0. The molecule has 2 heterocycles. The van der Waals surface area contributed by atoms with E-state index in [1.54, 1.807) is 0 Å². The molecule has 1 aliphatic heterocycles. The number of carbonyl (C=O) groups is 1. The number of thiophene rings is 1. The maximum Gasteiger partial charge on any atom is 0.160 e. The first kappa shape index (κ1) is 12.6. The molecule has 1 aromatic heterocycles. The molecule has 0 N–H and O–H groups in total. The van der Waals surface area contributed by atoms with Crippen molar-refractivity contribution >= 4 is 23.3 Å². The number of carbonyl (C=O) groups excluding carboxylic acids is 1. The monoisotopic (exact) mass is 253 g/mol. The van der Waals surface area contributed by atoms with E-state index in [9.17, 15) is 4.79 Å². The van der Waals surface area contributed by atoms with Crippen LogP contribution < -0.4 is 4.90 Å². The van der Waals surface area contributed by atoms with E-state index >= 15 is 0 Å². The Labute approximate surface area is 106 Å². The zero-order valence-corrected chi connectivity index (χ0v) is 11.0. The molecule has 0 amide bonds. The van der Waals surface area contributed by atoms with Crippen LogP contribution >= 0.6 is 11.3 Å². The van der Waals surface area contributed by atoms with Crippen LogP contribution in [0.15, 0.2) is 11.4 Å². The molecule has 0 aliphatic carbocycles. The third-order valence-electron chi connectivity index (χ3n) is 3.02. The Morgan fingerprint density at radius 1 is 1.65 bits per heavy atom. The second-order valence-corrected chi connectivity index (χ2v) is 5.35. The highest BCUT2D eigenvalue weighted by Crippen LogP contribution is 2.26. The third-order valence-corrected chi connectivity index (χ3v) is 3.87. The number of piperidine rings is 1. The minimum absolute atomic E-state index is 0.350. The molecule has 4 heteroatoms. The normalized spacial score (nSPS) is 20.5. The van der Waals surface area contributed by atoms with Gasteiger partial charge in [0.05, 0.1) is 11.0 Å². The van der Waals surface area contributed by atoms with Gasteiger partial charge in [0.1, 0.15) is 0 Å². The summed E-state index contributed by atoms with van der Waals surface area (Å²) >= 11 is 1.51. The molecule has 1 saturated heterocycles. The SMILES string of the molecule is CCCOC1CCCN(c2csc(C=O)c2)C1. The molecule has 94 valence electrons. The van der Waals surface area contributed by atoms with Gasteiger partial charge in [-0.25, -0.2) is 0 Å². The highest BCUT2D eigenvalue weighted by atomic mass is 32.1. The molecule has 0 aromatic carbocycles. The van der Waals surface area contributed by atoms with Gasteiger partial charge in [-0.1, -0.05) is 6.92 Å². The van der Waals surface area contributed by atoms with Crippen LogP contribution in [0.3, 0.4) is 0 Å². The van der Waals surface area contributed by atoms with Crippen LogP contribution in [0.1, 0.15) is 35.9 Å². The number of hydrogen-bond acceptors (Lipinski definition) is 4. The van der Waals surface area contributed by atoms with E-state index in [1.165, 1.54) is 23.4 Å². The maximum atomic E-state index is 10.7. The van der Waals surface area contributed by atoms with Gasteiger partial charge in [-0.3, -0.25) is 4.79 Å². The first-order chi connectivity index (χ1) is 8.33. The second-order valence-electron chi connectivity index (χ2n) is 4.41. The molecule has 1 aromatic rings. The minimum Gasteiger partial charge on any atom is -0.376 e. The first-order valence-electron chi connectivity index (χ1n) is 6.23. The van der Waals surface area contributed by atoms with Crippen molar-refractivity contribution in [3.8, 4) is 0 Å². The van der Waals surface area contributed by atoms with E-state index in [-0.39, 0.29) is 0 Å². The molecule has 2 rings (SSSR count). The summed E-state index contributed by atoms with van der Waals surface area (Å²) in [5, 5.41) is 2.06. The summed E-state index contributed by atoms with van der Waals surface area (Å²) in [6.07, 6.45) is 4.66. The highest BCUT2D eigenvalue weighted by Gasteiger charge is 2.21. The van der Waals surface area contributed by atoms with Crippen LogP contribution in [-0.4, -0.2) is 32.1 Å². The van der Waals surface area contributed by atoms with Crippen molar-refractivity contribution in [1.82, 2.24) is 0 Å². The lowest BCUT2D eigenvalue weighted by Crippen LogP contribution is -2.39. The molecule has 0 bridgehead atoms. The number of ether oxygens (including phenoxy) is 1. The molecule has 1 atom stereocenters. The van der Waals surface area contributed by atoms with Crippen LogP contribution in [0.5, 0.6) is 0 Å². The summed E-state index contributed by atoms with van der Waals surface area (Å²) < 4.78 is 5.81. The van der Waals surface area contributed by atoms with Crippen molar-refractivity contribution in [3.05, 3.63) is 16.3 Å². The van der Waals surface area contributed by atoms with Crippen LogP contribution in [0, 0.1) is 0 Å². The zero-order valence-electron chi connectivity index (χ0n) is 10.2. The fraction of sp³-hybridized carbons (Fsp3) is 0.615. The van der Waals surface area contributed by atoms with Gasteiger partial charge >= 0.3 is 0 Å². The Kier molecular flexibility index (Phi) is 4.57. The van der Waals surface area contributed by atoms with Crippen molar-refractivity contribution < 1.29 is 9.53 Å². The standard InChI is InChI=1S/C13H19NO2S/c1-2-6-16-12-4-3-5-14(8-12)11-7-13(9-15)17-10-11/h7,9-10,12H,2-6,8H2,1H3. The maximum absolute atomic E-state index is 10.7. The summed E-state index contributed by atoms with van der Waals surface area (Å²) in [6.45, 7) is 5.01. The Balaban J connectivity index is 1.94. The summed E-state index contributed by atoms with van der Waals surface area (Å²) in [5.74, 6) is 0. The lowest BCUT2D eigenvalue weighted by Gasteiger charge is -2.33.